The number of hydrogen-bond acceptors (Lipinski definition) is 2. The Hall–Kier alpha value is -1.55. The fourth-order valence-corrected chi connectivity index (χ4v) is 2.14. The predicted molar refractivity (Wildman–Crippen MR) is 75.0 cm³/mol. The van der Waals surface area contributed by atoms with Gasteiger partial charge in [0.05, 0.1) is 0 Å². The number of benzene rings is 1. The van der Waals surface area contributed by atoms with E-state index in [-0.39, 0.29) is 30.6 Å². The summed E-state index contributed by atoms with van der Waals surface area (Å²) in [7, 11) is 0. The number of urea groups is 1. The fraction of sp³-hybridized carbons (Fsp3) is 0.533. The molecule has 1 fully saturated rings. The Labute approximate surface area is 114 Å². The topological polar surface area (TPSA) is 61.4 Å². The minimum absolute atomic E-state index is 0.0288. The summed E-state index contributed by atoms with van der Waals surface area (Å²) in [5.74, 6) is 0.507. The first-order valence-electron chi connectivity index (χ1n) is 6.84. The van der Waals surface area contributed by atoms with E-state index in [9.17, 15) is 4.79 Å². The van der Waals surface area contributed by atoms with Gasteiger partial charge in [-0.1, -0.05) is 37.3 Å². The van der Waals surface area contributed by atoms with Crippen molar-refractivity contribution >= 4 is 6.03 Å². The molecule has 1 aliphatic rings. The van der Waals surface area contributed by atoms with Crippen LogP contribution in [-0.2, 0) is 0 Å². The number of carbonyl (C=O) groups excluding carboxylic acids is 1. The quantitative estimate of drug-likeness (QED) is 0.758. The molecule has 3 N–H and O–H groups in total. The zero-order valence-electron chi connectivity index (χ0n) is 11.5. The average molecular weight is 262 g/mol. The van der Waals surface area contributed by atoms with E-state index in [0.29, 0.717) is 5.92 Å². The van der Waals surface area contributed by atoms with Crippen LogP contribution in [0.5, 0.6) is 0 Å². The highest BCUT2D eigenvalue weighted by Crippen LogP contribution is 2.40. The van der Waals surface area contributed by atoms with Crippen molar-refractivity contribution in [3.05, 3.63) is 35.9 Å². The van der Waals surface area contributed by atoms with Crippen LogP contribution in [0.25, 0.3) is 0 Å². The summed E-state index contributed by atoms with van der Waals surface area (Å²) in [6.07, 6.45) is 1.00. The van der Waals surface area contributed by atoms with Crippen molar-refractivity contribution in [3.63, 3.8) is 0 Å². The van der Waals surface area contributed by atoms with Crippen LogP contribution in [0.2, 0.25) is 0 Å². The van der Waals surface area contributed by atoms with Crippen molar-refractivity contribution in [2.24, 2.45) is 5.92 Å². The van der Waals surface area contributed by atoms with Gasteiger partial charge in [-0.3, -0.25) is 0 Å². The molecule has 0 aromatic heterocycles. The van der Waals surface area contributed by atoms with Gasteiger partial charge in [0.2, 0.25) is 0 Å². The summed E-state index contributed by atoms with van der Waals surface area (Å²) in [6, 6.07) is 10.3. The number of nitrogens with one attached hydrogen (secondary N) is 2. The van der Waals surface area contributed by atoms with Gasteiger partial charge < -0.3 is 15.7 Å². The molecule has 0 radical (unpaired) electrons. The van der Waals surface area contributed by atoms with E-state index >= 15 is 0 Å². The van der Waals surface area contributed by atoms with Gasteiger partial charge in [0, 0.05) is 24.6 Å². The monoisotopic (exact) mass is 262 g/mol. The summed E-state index contributed by atoms with van der Waals surface area (Å²) in [4.78, 5) is 11.8. The molecule has 0 heterocycles. The van der Waals surface area contributed by atoms with E-state index < -0.39 is 0 Å². The van der Waals surface area contributed by atoms with Crippen molar-refractivity contribution < 1.29 is 9.90 Å². The van der Waals surface area contributed by atoms with Gasteiger partial charge in [-0.15, -0.1) is 0 Å². The van der Waals surface area contributed by atoms with Gasteiger partial charge in [-0.25, -0.2) is 4.79 Å². The van der Waals surface area contributed by atoms with Crippen molar-refractivity contribution in [2.45, 2.75) is 38.3 Å². The number of carbonyl (C=O) groups is 1. The third-order valence-electron chi connectivity index (χ3n) is 3.83. The molecule has 0 bridgehead atoms. The van der Waals surface area contributed by atoms with Crippen molar-refractivity contribution in [1.82, 2.24) is 10.6 Å². The molecule has 0 saturated heterocycles. The maximum Gasteiger partial charge on any atom is 0.315 e. The Morgan fingerprint density at radius 3 is 2.68 bits per heavy atom. The van der Waals surface area contributed by atoms with Crippen molar-refractivity contribution in [2.75, 3.05) is 6.61 Å². The molecule has 0 spiro atoms. The van der Waals surface area contributed by atoms with Crippen LogP contribution in [-0.4, -0.2) is 29.8 Å². The molecule has 104 valence electrons. The van der Waals surface area contributed by atoms with E-state index in [4.69, 9.17) is 5.11 Å². The molecule has 4 heteroatoms. The number of aliphatic hydroxyl groups excluding tert-OH is 1. The maximum atomic E-state index is 11.8. The minimum Gasteiger partial charge on any atom is -0.396 e. The van der Waals surface area contributed by atoms with Gasteiger partial charge >= 0.3 is 6.03 Å². The molecule has 2 rings (SSSR count). The Morgan fingerprint density at radius 2 is 2.05 bits per heavy atom. The van der Waals surface area contributed by atoms with E-state index in [0.717, 1.165) is 6.42 Å². The molecule has 1 aromatic rings. The third-order valence-corrected chi connectivity index (χ3v) is 3.83. The molecule has 1 aromatic carbocycles. The number of rotatable bonds is 5. The summed E-state index contributed by atoms with van der Waals surface area (Å²) in [5, 5.41) is 14.9. The first-order valence-corrected chi connectivity index (χ1v) is 6.84. The zero-order valence-corrected chi connectivity index (χ0v) is 11.5. The van der Waals surface area contributed by atoms with Crippen molar-refractivity contribution in [3.8, 4) is 0 Å². The summed E-state index contributed by atoms with van der Waals surface area (Å²) < 4.78 is 0. The van der Waals surface area contributed by atoms with Crippen LogP contribution in [0.4, 0.5) is 4.79 Å². The van der Waals surface area contributed by atoms with Gasteiger partial charge in [0.15, 0.2) is 0 Å². The molecule has 4 atom stereocenters. The summed E-state index contributed by atoms with van der Waals surface area (Å²) in [6.45, 7) is 3.90. The van der Waals surface area contributed by atoms with Crippen LogP contribution in [0.1, 0.15) is 31.7 Å². The standard InChI is InChI=1S/C15H22N2O2/c1-10(9-18)11(2)16-15(19)17-14-8-13(14)12-6-4-3-5-7-12/h3-7,10-11,13-14,18H,8-9H2,1-2H3,(H2,16,17,19). The first-order chi connectivity index (χ1) is 9.11. The lowest BCUT2D eigenvalue weighted by Crippen LogP contribution is -2.45. The predicted octanol–water partition coefficient (Wildman–Crippen LogP) is 1.86. The van der Waals surface area contributed by atoms with Gasteiger partial charge in [-0.2, -0.15) is 0 Å². The lowest BCUT2D eigenvalue weighted by Gasteiger charge is -2.19. The lowest BCUT2D eigenvalue weighted by molar-refractivity contribution is 0.200. The highest BCUT2D eigenvalue weighted by Gasteiger charge is 2.39. The molecular weight excluding hydrogens is 240 g/mol. The highest BCUT2D eigenvalue weighted by atomic mass is 16.3. The Balaban J connectivity index is 1.76. The second-order valence-corrected chi connectivity index (χ2v) is 5.43. The lowest BCUT2D eigenvalue weighted by atomic mass is 10.1. The molecule has 1 aliphatic carbocycles. The number of hydrogen-bond donors (Lipinski definition) is 3. The zero-order chi connectivity index (χ0) is 13.8. The molecule has 1 saturated carbocycles. The van der Waals surface area contributed by atoms with E-state index in [1.165, 1.54) is 5.56 Å². The molecule has 4 unspecified atom stereocenters. The molecule has 2 amide bonds. The van der Waals surface area contributed by atoms with E-state index in [1.54, 1.807) is 0 Å². The van der Waals surface area contributed by atoms with Crippen LogP contribution in [0.3, 0.4) is 0 Å². The number of amides is 2. The van der Waals surface area contributed by atoms with Crippen LogP contribution in [0, 0.1) is 5.92 Å². The largest absolute Gasteiger partial charge is 0.396 e. The normalized spacial score (nSPS) is 24.4. The fourth-order valence-electron chi connectivity index (χ4n) is 2.14. The third kappa shape index (κ3) is 3.70. The summed E-state index contributed by atoms with van der Waals surface area (Å²) >= 11 is 0. The van der Waals surface area contributed by atoms with Crippen LogP contribution >= 0.6 is 0 Å². The Morgan fingerprint density at radius 1 is 1.37 bits per heavy atom. The highest BCUT2D eigenvalue weighted by molar-refractivity contribution is 5.75. The summed E-state index contributed by atoms with van der Waals surface area (Å²) in [5.41, 5.74) is 1.28. The van der Waals surface area contributed by atoms with Gasteiger partial charge in [0.1, 0.15) is 0 Å². The smallest absolute Gasteiger partial charge is 0.315 e. The second kappa shape index (κ2) is 6.06. The van der Waals surface area contributed by atoms with E-state index in [1.807, 2.05) is 32.0 Å². The Bertz CT molecular complexity index is 421. The van der Waals surface area contributed by atoms with Crippen LogP contribution in [0.15, 0.2) is 30.3 Å². The SMILES string of the molecule is CC(CO)C(C)NC(=O)NC1CC1c1ccccc1. The van der Waals surface area contributed by atoms with Crippen molar-refractivity contribution in [1.29, 1.82) is 0 Å². The maximum absolute atomic E-state index is 11.8. The van der Waals surface area contributed by atoms with Crippen LogP contribution < -0.4 is 10.6 Å². The molecule has 0 aliphatic heterocycles. The first kappa shape index (κ1) is 13.9. The number of aliphatic hydroxyl groups is 1. The minimum atomic E-state index is -0.142. The molecule has 4 nitrogen and oxygen atoms in total. The Kier molecular flexibility index (Phi) is 4.43. The molecule has 19 heavy (non-hydrogen) atoms. The van der Waals surface area contributed by atoms with Gasteiger partial charge in [0.25, 0.3) is 0 Å². The molecular formula is C15H22N2O2. The van der Waals surface area contributed by atoms with Gasteiger partial charge in [-0.05, 0) is 24.8 Å². The second-order valence-electron chi connectivity index (χ2n) is 5.43. The van der Waals surface area contributed by atoms with E-state index in [2.05, 4.69) is 22.8 Å². The average Bonchev–Trinajstić information content (AvgIpc) is 3.17.